The number of aromatic nitrogens is 1. The van der Waals surface area contributed by atoms with Gasteiger partial charge in [0.15, 0.2) is 0 Å². The molecule has 0 unspecified atom stereocenters. The van der Waals surface area contributed by atoms with E-state index in [1.807, 2.05) is 36.4 Å². The highest BCUT2D eigenvalue weighted by molar-refractivity contribution is 7.10. The molecule has 2 nitrogen and oxygen atoms in total. The number of benzene rings is 2. The number of carbonyl (C=O) groups is 1. The van der Waals surface area contributed by atoms with E-state index in [1.165, 1.54) is 5.56 Å². The minimum absolute atomic E-state index is 0.718. The highest BCUT2D eigenvalue weighted by Gasteiger charge is 2.07. The smallest absolute Gasteiger partial charge is 0.150 e. The summed E-state index contributed by atoms with van der Waals surface area (Å²) in [5.74, 6) is 0. The van der Waals surface area contributed by atoms with Gasteiger partial charge in [0.05, 0.1) is 10.7 Å². The average molecular weight is 293 g/mol. The molecule has 0 amide bonds. The molecule has 3 heteroatoms. The molecule has 0 saturated carbocycles. The lowest BCUT2D eigenvalue weighted by molar-refractivity contribution is 0.112. The van der Waals surface area contributed by atoms with Crippen molar-refractivity contribution in [1.29, 1.82) is 0 Å². The topological polar surface area (TPSA) is 30.0 Å². The lowest BCUT2D eigenvalue weighted by atomic mass is 10.0. The van der Waals surface area contributed by atoms with E-state index < -0.39 is 0 Å². The summed E-state index contributed by atoms with van der Waals surface area (Å²) in [5.41, 5.74) is 5.22. The third-order valence-electron chi connectivity index (χ3n) is 3.47. The predicted octanol–water partition coefficient (Wildman–Crippen LogP) is 4.52. The van der Waals surface area contributed by atoms with Gasteiger partial charge in [-0.25, -0.2) is 4.98 Å². The van der Waals surface area contributed by atoms with Gasteiger partial charge in [-0.1, -0.05) is 42.5 Å². The Kier molecular flexibility index (Phi) is 3.93. The van der Waals surface area contributed by atoms with E-state index in [1.54, 1.807) is 11.3 Å². The Labute approximate surface area is 128 Å². The Morgan fingerprint density at radius 3 is 2.71 bits per heavy atom. The maximum atomic E-state index is 10.9. The minimum atomic E-state index is 0.718. The van der Waals surface area contributed by atoms with Gasteiger partial charge in [0, 0.05) is 22.9 Å². The first kappa shape index (κ1) is 13.7. The van der Waals surface area contributed by atoms with Crippen LogP contribution in [0.4, 0.5) is 0 Å². The molecule has 0 atom stereocenters. The molecule has 3 aromatic rings. The fourth-order valence-corrected chi connectivity index (χ4v) is 3.08. The van der Waals surface area contributed by atoms with Crippen molar-refractivity contribution in [2.75, 3.05) is 0 Å². The van der Waals surface area contributed by atoms with E-state index in [-0.39, 0.29) is 0 Å². The van der Waals surface area contributed by atoms with Crippen LogP contribution in [0.5, 0.6) is 0 Å². The molecule has 0 aliphatic rings. The van der Waals surface area contributed by atoms with Crippen LogP contribution < -0.4 is 0 Å². The summed E-state index contributed by atoms with van der Waals surface area (Å²) >= 11 is 1.66. The van der Waals surface area contributed by atoms with Crippen molar-refractivity contribution in [3.63, 3.8) is 0 Å². The summed E-state index contributed by atoms with van der Waals surface area (Å²) in [6, 6.07) is 16.0. The Morgan fingerprint density at radius 2 is 1.95 bits per heavy atom. The molecular weight excluding hydrogens is 278 g/mol. The Bertz CT molecular complexity index is 762. The summed E-state index contributed by atoms with van der Waals surface area (Å²) in [5, 5.41) is 3.16. The van der Waals surface area contributed by atoms with Crippen LogP contribution in [0.15, 0.2) is 53.9 Å². The zero-order chi connectivity index (χ0) is 14.7. The molecule has 1 heterocycles. The van der Waals surface area contributed by atoms with Crippen molar-refractivity contribution in [2.24, 2.45) is 0 Å². The van der Waals surface area contributed by atoms with Gasteiger partial charge in [0.2, 0.25) is 0 Å². The van der Waals surface area contributed by atoms with Crippen LogP contribution in [0.2, 0.25) is 0 Å². The highest BCUT2D eigenvalue weighted by atomic mass is 32.1. The summed E-state index contributed by atoms with van der Waals surface area (Å²) in [6.07, 6.45) is 1.66. The first-order chi connectivity index (χ1) is 10.3. The molecule has 104 valence electrons. The largest absolute Gasteiger partial charge is 0.298 e. The van der Waals surface area contributed by atoms with Crippen LogP contribution >= 0.6 is 11.3 Å². The molecule has 0 spiro atoms. The van der Waals surface area contributed by atoms with Crippen molar-refractivity contribution in [3.8, 4) is 11.3 Å². The summed E-state index contributed by atoms with van der Waals surface area (Å²) in [6.45, 7) is 2.07. The summed E-state index contributed by atoms with van der Waals surface area (Å²) in [4.78, 5) is 15.6. The highest BCUT2D eigenvalue weighted by Crippen LogP contribution is 2.24. The van der Waals surface area contributed by atoms with Gasteiger partial charge >= 0.3 is 0 Å². The van der Waals surface area contributed by atoms with Gasteiger partial charge in [0.25, 0.3) is 0 Å². The van der Waals surface area contributed by atoms with Crippen molar-refractivity contribution in [3.05, 3.63) is 75.6 Å². The fraction of sp³-hybridized carbons (Fsp3) is 0.111. The second-order valence-electron chi connectivity index (χ2n) is 4.97. The molecule has 0 aliphatic heterocycles. The van der Waals surface area contributed by atoms with E-state index in [2.05, 4.69) is 24.4 Å². The van der Waals surface area contributed by atoms with Crippen molar-refractivity contribution >= 4 is 17.6 Å². The minimum Gasteiger partial charge on any atom is -0.298 e. The van der Waals surface area contributed by atoms with Gasteiger partial charge < -0.3 is 0 Å². The third kappa shape index (κ3) is 3.09. The number of thiazole rings is 1. The first-order valence-corrected chi connectivity index (χ1v) is 7.69. The maximum absolute atomic E-state index is 10.9. The monoisotopic (exact) mass is 293 g/mol. The van der Waals surface area contributed by atoms with Crippen molar-refractivity contribution in [1.82, 2.24) is 4.98 Å². The summed E-state index contributed by atoms with van der Waals surface area (Å²) in [7, 11) is 0. The Morgan fingerprint density at radius 1 is 1.14 bits per heavy atom. The maximum Gasteiger partial charge on any atom is 0.150 e. The number of nitrogens with zero attached hydrogens (tertiary/aromatic N) is 1. The van der Waals surface area contributed by atoms with E-state index in [0.29, 0.717) is 0 Å². The molecule has 2 aromatic carbocycles. The average Bonchev–Trinajstić information content (AvgIpc) is 2.99. The zero-order valence-corrected chi connectivity index (χ0v) is 12.6. The number of hydrogen-bond donors (Lipinski definition) is 0. The van der Waals surface area contributed by atoms with E-state index in [4.69, 9.17) is 4.98 Å². The third-order valence-corrected chi connectivity index (χ3v) is 4.32. The van der Waals surface area contributed by atoms with E-state index in [9.17, 15) is 4.79 Å². The standard InChI is InChI=1S/C18H15NOS/c1-13-7-8-14(11-20)9-16(13)10-18-19-17(12-21-18)15-5-3-2-4-6-15/h2-9,11-12H,10H2,1H3. The predicted molar refractivity (Wildman–Crippen MR) is 86.9 cm³/mol. The fourth-order valence-electron chi connectivity index (χ4n) is 2.25. The van der Waals surface area contributed by atoms with Crippen LogP contribution in [0, 0.1) is 6.92 Å². The van der Waals surface area contributed by atoms with Crippen LogP contribution in [-0.4, -0.2) is 11.3 Å². The first-order valence-electron chi connectivity index (χ1n) is 6.81. The Balaban J connectivity index is 1.86. The molecule has 0 saturated heterocycles. The molecular formula is C18H15NOS. The van der Waals surface area contributed by atoms with Crippen LogP contribution in [-0.2, 0) is 6.42 Å². The number of aryl methyl sites for hydroxylation is 1. The van der Waals surface area contributed by atoms with E-state index >= 15 is 0 Å². The lowest BCUT2D eigenvalue weighted by Gasteiger charge is -2.04. The normalized spacial score (nSPS) is 10.5. The van der Waals surface area contributed by atoms with Crippen LogP contribution in [0.1, 0.15) is 26.5 Å². The molecule has 0 radical (unpaired) electrons. The van der Waals surface area contributed by atoms with Gasteiger partial charge in [0.1, 0.15) is 6.29 Å². The second kappa shape index (κ2) is 6.02. The van der Waals surface area contributed by atoms with Crippen molar-refractivity contribution in [2.45, 2.75) is 13.3 Å². The molecule has 1 aromatic heterocycles. The lowest BCUT2D eigenvalue weighted by Crippen LogP contribution is -1.93. The second-order valence-corrected chi connectivity index (χ2v) is 5.92. The van der Waals surface area contributed by atoms with Crippen LogP contribution in [0.3, 0.4) is 0 Å². The summed E-state index contributed by atoms with van der Waals surface area (Å²) < 4.78 is 0. The number of aldehydes is 1. The molecule has 3 rings (SSSR count). The number of carbonyl (C=O) groups excluding carboxylic acids is 1. The van der Waals surface area contributed by atoms with Crippen molar-refractivity contribution < 1.29 is 4.79 Å². The molecule has 21 heavy (non-hydrogen) atoms. The van der Waals surface area contributed by atoms with Crippen LogP contribution in [0.25, 0.3) is 11.3 Å². The molecule has 0 fully saturated rings. The zero-order valence-electron chi connectivity index (χ0n) is 11.7. The molecule has 0 aliphatic carbocycles. The number of hydrogen-bond acceptors (Lipinski definition) is 3. The van der Waals surface area contributed by atoms with Gasteiger partial charge in [-0.3, -0.25) is 4.79 Å². The van der Waals surface area contributed by atoms with E-state index in [0.717, 1.165) is 40.1 Å². The van der Waals surface area contributed by atoms with Gasteiger partial charge in [-0.05, 0) is 24.1 Å². The van der Waals surface area contributed by atoms with Gasteiger partial charge in [-0.15, -0.1) is 11.3 Å². The molecule has 0 N–H and O–H groups in total. The SMILES string of the molecule is Cc1ccc(C=O)cc1Cc1nc(-c2ccccc2)cs1. The Hall–Kier alpha value is -2.26. The molecule has 0 bridgehead atoms. The quantitative estimate of drug-likeness (QED) is 0.662. The van der Waals surface area contributed by atoms with Gasteiger partial charge in [-0.2, -0.15) is 0 Å². The number of rotatable bonds is 4.